The molecule has 0 bridgehead atoms. The van der Waals surface area contributed by atoms with Crippen LogP contribution >= 0.6 is 11.8 Å². The predicted octanol–water partition coefficient (Wildman–Crippen LogP) is 1.70. The topological polar surface area (TPSA) is 43.8 Å². The summed E-state index contributed by atoms with van der Waals surface area (Å²) in [6.07, 6.45) is 2.11. The molecule has 4 heteroatoms. The van der Waals surface area contributed by atoms with E-state index in [1.807, 2.05) is 11.8 Å². The maximum atomic E-state index is 6.11. The van der Waals surface area contributed by atoms with Crippen molar-refractivity contribution < 1.29 is 0 Å². The Bertz CT molecular complexity index is 348. The first-order chi connectivity index (χ1) is 7.74. The van der Waals surface area contributed by atoms with E-state index in [9.17, 15) is 0 Å². The van der Waals surface area contributed by atoms with Crippen molar-refractivity contribution >= 4 is 11.8 Å². The zero-order chi connectivity index (χ0) is 11.5. The highest BCUT2D eigenvalue weighted by atomic mass is 32.2. The molecule has 0 amide bonds. The molecule has 1 saturated heterocycles. The minimum Gasteiger partial charge on any atom is -0.327 e. The van der Waals surface area contributed by atoms with Gasteiger partial charge >= 0.3 is 0 Å². The monoisotopic (exact) mass is 239 g/mol. The van der Waals surface area contributed by atoms with Crippen molar-refractivity contribution in [3.63, 3.8) is 0 Å². The average molecular weight is 239 g/mol. The highest BCUT2D eigenvalue weighted by Crippen LogP contribution is 2.26. The van der Waals surface area contributed by atoms with Gasteiger partial charge in [0.25, 0.3) is 0 Å². The molecule has 16 heavy (non-hydrogen) atoms. The summed E-state index contributed by atoms with van der Waals surface area (Å²) in [7, 11) is 0. The SMILES string of the molecule is CCc1cc(CC2CSCC2N)n(CC)n1. The van der Waals surface area contributed by atoms with E-state index in [-0.39, 0.29) is 0 Å². The first-order valence-corrected chi connectivity index (χ1v) is 7.29. The number of aryl methyl sites for hydroxylation is 2. The number of hydrogen-bond acceptors (Lipinski definition) is 3. The number of thioether (sulfide) groups is 1. The van der Waals surface area contributed by atoms with Crippen LogP contribution in [0.2, 0.25) is 0 Å². The normalized spacial score (nSPS) is 25.2. The van der Waals surface area contributed by atoms with Crippen molar-refractivity contribution in [3.8, 4) is 0 Å². The van der Waals surface area contributed by atoms with Gasteiger partial charge in [0.2, 0.25) is 0 Å². The summed E-state index contributed by atoms with van der Waals surface area (Å²) < 4.78 is 2.13. The van der Waals surface area contributed by atoms with E-state index in [0.29, 0.717) is 12.0 Å². The summed E-state index contributed by atoms with van der Waals surface area (Å²) in [6.45, 7) is 5.27. The van der Waals surface area contributed by atoms with Crippen molar-refractivity contribution in [2.45, 2.75) is 39.3 Å². The third-order valence-corrected chi connectivity index (χ3v) is 4.58. The van der Waals surface area contributed by atoms with E-state index in [0.717, 1.165) is 25.1 Å². The Kier molecular flexibility index (Phi) is 3.92. The summed E-state index contributed by atoms with van der Waals surface area (Å²) in [5.41, 5.74) is 8.68. The molecule has 1 aliphatic rings. The van der Waals surface area contributed by atoms with Crippen LogP contribution in [0.4, 0.5) is 0 Å². The Morgan fingerprint density at radius 3 is 2.88 bits per heavy atom. The Balaban J connectivity index is 2.10. The van der Waals surface area contributed by atoms with Crippen molar-refractivity contribution in [1.29, 1.82) is 0 Å². The minimum absolute atomic E-state index is 0.371. The van der Waals surface area contributed by atoms with Gasteiger partial charge in [-0.05, 0) is 37.5 Å². The van der Waals surface area contributed by atoms with Crippen molar-refractivity contribution in [2.24, 2.45) is 11.7 Å². The van der Waals surface area contributed by atoms with Crippen molar-refractivity contribution in [3.05, 3.63) is 17.5 Å². The lowest BCUT2D eigenvalue weighted by Gasteiger charge is -2.14. The van der Waals surface area contributed by atoms with Crippen molar-refractivity contribution in [1.82, 2.24) is 9.78 Å². The molecule has 0 saturated carbocycles. The second-order valence-electron chi connectivity index (χ2n) is 4.46. The summed E-state index contributed by atoms with van der Waals surface area (Å²) in [6, 6.07) is 2.62. The van der Waals surface area contributed by atoms with Gasteiger partial charge in [0.15, 0.2) is 0 Å². The molecule has 1 aliphatic heterocycles. The van der Waals surface area contributed by atoms with Gasteiger partial charge in [0, 0.05) is 24.0 Å². The molecule has 3 nitrogen and oxygen atoms in total. The zero-order valence-corrected chi connectivity index (χ0v) is 11.0. The minimum atomic E-state index is 0.371. The molecule has 2 heterocycles. The van der Waals surface area contributed by atoms with Gasteiger partial charge in [-0.2, -0.15) is 16.9 Å². The highest BCUT2D eigenvalue weighted by Gasteiger charge is 2.25. The van der Waals surface area contributed by atoms with Gasteiger partial charge in [-0.1, -0.05) is 6.92 Å². The van der Waals surface area contributed by atoms with Crippen LogP contribution in [0.1, 0.15) is 25.2 Å². The molecule has 0 spiro atoms. The third-order valence-electron chi connectivity index (χ3n) is 3.29. The highest BCUT2D eigenvalue weighted by molar-refractivity contribution is 7.99. The van der Waals surface area contributed by atoms with Crippen LogP contribution in [-0.4, -0.2) is 27.3 Å². The van der Waals surface area contributed by atoms with Crippen LogP contribution in [-0.2, 0) is 19.4 Å². The van der Waals surface area contributed by atoms with Crippen LogP contribution in [0.15, 0.2) is 6.07 Å². The maximum Gasteiger partial charge on any atom is 0.0624 e. The number of rotatable bonds is 4. The van der Waals surface area contributed by atoms with E-state index in [4.69, 9.17) is 5.73 Å². The van der Waals surface area contributed by atoms with Crippen LogP contribution in [0, 0.1) is 5.92 Å². The molecule has 0 aliphatic carbocycles. The summed E-state index contributed by atoms with van der Waals surface area (Å²) in [5, 5.41) is 4.58. The fraction of sp³-hybridized carbons (Fsp3) is 0.750. The lowest BCUT2D eigenvalue weighted by Crippen LogP contribution is -2.30. The average Bonchev–Trinajstić information content (AvgIpc) is 2.86. The lowest BCUT2D eigenvalue weighted by atomic mass is 9.98. The van der Waals surface area contributed by atoms with Crippen LogP contribution in [0.5, 0.6) is 0 Å². The first-order valence-electron chi connectivity index (χ1n) is 6.13. The van der Waals surface area contributed by atoms with Gasteiger partial charge in [-0.25, -0.2) is 0 Å². The fourth-order valence-corrected chi connectivity index (χ4v) is 3.57. The van der Waals surface area contributed by atoms with Gasteiger partial charge in [0.05, 0.1) is 5.69 Å². The number of nitrogens with zero attached hydrogens (tertiary/aromatic N) is 2. The van der Waals surface area contributed by atoms with Crippen molar-refractivity contribution in [2.75, 3.05) is 11.5 Å². The first kappa shape index (κ1) is 12.0. The van der Waals surface area contributed by atoms with Gasteiger partial charge < -0.3 is 5.73 Å². The van der Waals surface area contributed by atoms with E-state index >= 15 is 0 Å². The summed E-state index contributed by atoms with van der Waals surface area (Å²) in [5.74, 6) is 2.96. The van der Waals surface area contributed by atoms with E-state index in [1.54, 1.807) is 0 Å². The Morgan fingerprint density at radius 1 is 1.50 bits per heavy atom. The molecule has 0 aromatic carbocycles. The Hall–Kier alpha value is -0.480. The van der Waals surface area contributed by atoms with Crippen LogP contribution < -0.4 is 5.73 Å². The molecule has 1 aromatic heterocycles. The van der Waals surface area contributed by atoms with Crippen LogP contribution in [0.25, 0.3) is 0 Å². The molecule has 1 fully saturated rings. The zero-order valence-electron chi connectivity index (χ0n) is 10.1. The van der Waals surface area contributed by atoms with Gasteiger partial charge in [-0.15, -0.1) is 0 Å². The van der Waals surface area contributed by atoms with E-state index in [2.05, 4.69) is 29.7 Å². The molecular weight excluding hydrogens is 218 g/mol. The third kappa shape index (κ3) is 2.43. The summed E-state index contributed by atoms with van der Waals surface area (Å²) in [4.78, 5) is 0. The second-order valence-corrected chi connectivity index (χ2v) is 5.54. The lowest BCUT2D eigenvalue weighted by molar-refractivity contribution is 0.487. The molecular formula is C12H21N3S. The predicted molar refractivity (Wildman–Crippen MR) is 69.8 cm³/mol. The molecule has 1 aromatic rings. The number of nitrogens with two attached hydrogens (primary N) is 1. The molecule has 90 valence electrons. The second kappa shape index (κ2) is 5.23. The molecule has 2 N–H and O–H groups in total. The molecule has 0 radical (unpaired) electrons. The largest absolute Gasteiger partial charge is 0.327 e. The molecule has 2 unspecified atom stereocenters. The van der Waals surface area contributed by atoms with Gasteiger partial charge in [0.1, 0.15) is 0 Å². The van der Waals surface area contributed by atoms with E-state index < -0.39 is 0 Å². The fourth-order valence-electron chi connectivity index (χ4n) is 2.22. The number of aromatic nitrogens is 2. The van der Waals surface area contributed by atoms with E-state index in [1.165, 1.54) is 17.1 Å². The standard InChI is InChI=1S/C12H21N3S/c1-3-10-6-11(15(4-2)14-10)5-9-7-16-8-12(9)13/h6,9,12H,3-5,7-8,13H2,1-2H3. The quantitative estimate of drug-likeness (QED) is 0.869. The maximum absolute atomic E-state index is 6.11. The molecule has 2 atom stereocenters. The Morgan fingerprint density at radius 2 is 2.31 bits per heavy atom. The summed E-state index contributed by atoms with van der Waals surface area (Å²) >= 11 is 1.98. The Labute approximate surface area is 102 Å². The number of hydrogen-bond donors (Lipinski definition) is 1. The smallest absolute Gasteiger partial charge is 0.0624 e. The van der Waals surface area contributed by atoms with Crippen LogP contribution in [0.3, 0.4) is 0 Å². The molecule has 2 rings (SSSR count). The van der Waals surface area contributed by atoms with Gasteiger partial charge in [-0.3, -0.25) is 4.68 Å².